The quantitative estimate of drug-likeness (QED) is 0.340. The number of anilines is 1. The molecule has 2 aromatic heterocycles. The third-order valence-electron chi connectivity index (χ3n) is 6.21. The van der Waals surface area contributed by atoms with Gasteiger partial charge in [-0.3, -0.25) is 20.0 Å². The van der Waals surface area contributed by atoms with Crippen LogP contribution in [0.1, 0.15) is 5.56 Å². The average molecular weight is 567 g/mol. The molecule has 206 valence electrons. The molecule has 2 N–H and O–H groups in total. The minimum atomic E-state index is -0.806. The van der Waals surface area contributed by atoms with Gasteiger partial charge in [0.15, 0.2) is 17.3 Å². The van der Waals surface area contributed by atoms with Gasteiger partial charge in [0.2, 0.25) is 5.91 Å². The normalized spacial score (nSPS) is 13.6. The van der Waals surface area contributed by atoms with Gasteiger partial charge in [-0.1, -0.05) is 17.7 Å². The fourth-order valence-corrected chi connectivity index (χ4v) is 4.66. The Morgan fingerprint density at radius 2 is 1.85 bits per heavy atom. The Bertz CT molecular complexity index is 1560. The maximum absolute atomic E-state index is 15.4. The van der Waals surface area contributed by atoms with Gasteiger partial charge < -0.3 is 19.5 Å². The van der Waals surface area contributed by atoms with E-state index in [0.29, 0.717) is 25.2 Å². The predicted molar refractivity (Wildman–Crippen MR) is 145 cm³/mol. The Balaban J connectivity index is 1.36. The Kier molecular flexibility index (Phi) is 7.89. The van der Waals surface area contributed by atoms with Crippen molar-refractivity contribution in [3.8, 4) is 28.4 Å². The van der Waals surface area contributed by atoms with Crippen molar-refractivity contribution in [3.63, 3.8) is 0 Å². The standard InChI is InChI=1S/C27H24ClFN6O5/c1-38-18-11-19(39-2)24(29)22(23(18)28)16-4-5-17(26-25(16)31-7-8-32-26)40-27(37)34-20-6-3-15(12-33-20)13-35-10-9-30-21(36)14-35/h3-8,11-12H,9-10,13-14H2,1-2H3,(H,30,36)(H,33,34,37). The van der Waals surface area contributed by atoms with E-state index in [1.54, 1.807) is 12.3 Å². The molecule has 1 fully saturated rings. The van der Waals surface area contributed by atoms with Crippen LogP contribution in [0.4, 0.5) is 15.0 Å². The van der Waals surface area contributed by atoms with Crippen molar-refractivity contribution in [2.75, 3.05) is 39.2 Å². The van der Waals surface area contributed by atoms with Gasteiger partial charge >= 0.3 is 6.09 Å². The number of benzene rings is 2. The van der Waals surface area contributed by atoms with Crippen LogP contribution in [0.3, 0.4) is 0 Å². The zero-order valence-corrected chi connectivity index (χ0v) is 22.3. The molecule has 13 heteroatoms. The van der Waals surface area contributed by atoms with E-state index in [-0.39, 0.29) is 50.6 Å². The van der Waals surface area contributed by atoms with Gasteiger partial charge in [0, 0.05) is 55.4 Å². The molecule has 5 rings (SSSR count). The third-order valence-corrected chi connectivity index (χ3v) is 6.59. The van der Waals surface area contributed by atoms with Crippen LogP contribution in [0.5, 0.6) is 17.2 Å². The van der Waals surface area contributed by atoms with Crippen molar-refractivity contribution >= 4 is 40.5 Å². The van der Waals surface area contributed by atoms with Crippen molar-refractivity contribution < 1.29 is 28.2 Å². The van der Waals surface area contributed by atoms with Gasteiger partial charge in [-0.15, -0.1) is 0 Å². The molecule has 2 aromatic carbocycles. The van der Waals surface area contributed by atoms with Crippen LogP contribution in [0.2, 0.25) is 5.02 Å². The Morgan fingerprint density at radius 3 is 2.55 bits per heavy atom. The second-order valence-electron chi connectivity index (χ2n) is 8.78. The molecule has 0 unspecified atom stereocenters. The Morgan fingerprint density at radius 1 is 1.07 bits per heavy atom. The highest BCUT2D eigenvalue weighted by Gasteiger charge is 2.24. The van der Waals surface area contributed by atoms with Crippen LogP contribution in [0, 0.1) is 5.82 Å². The lowest BCUT2D eigenvalue weighted by Crippen LogP contribution is -2.47. The van der Waals surface area contributed by atoms with Crippen LogP contribution in [0.25, 0.3) is 22.2 Å². The van der Waals surface area contributed by atoms with Crippen LogP contribution >= 0.6 is 11.6 Å². The highest BCUT2D eigenvalue weighted by atomic mass is 35.5. The minimum Gasteiger partial charge on any atom is -0.495 e. The summed E-state index contributed by atoms with van der Waals surface area (Å²) in [7, 11) is 2.74. The first-order chi connectivity index (χ1) is 19.4. The zero-order chi connectivity index (χ0) is 28.2. The summed E-state index contributed by atoms with van der Waals surface area (Å²) >= 11 is 6.47. The number of nitrogens with one attached hydrogen (secondary N) is 2. The summed E-state index contributed by atoms with van der Waals surface area (Å²) in [4.78, 5) is 39.2. The summed E-state index contributed by atoms with van der Waals surface area (Å²) in [5, 5.41) is 5.39. The van der Waals surface area contributed by atoms with Crippen LogP contribution < -0.4 is 24.8 Å². The third kappa shape index (κ3) is 5.58. The molecular weight excluding hydrogens is 543 g/mol. The number of pyridine rings is 1. The number of hydrogen-bond acceptors (Lipinski definition) is 9. The zero-order valence-electron chi connectivity index (χ0n) is 21.5. The van der Waals surface area contributed by atoms with Crippen molar-refractivity contribution in [2.45, 2.75) is 6.54 Å². The predicted octanol–water partition coefficient (Wildman–Crippen LogP) is 4.04. The molecule has 11 nitrogen and oxygen atoms in total. The van der Waals surface area contributed by atoms with E-state index in [2.05, 4.69) is 25.6 Å². The number of ether oxygens (including phenoxy) is 3. The molecule has 1 aliphatic rings. The first-order valence-corrected chi connectivity index (χ1v) is 12.5. The number of hydrogen-bond donors (Lipinski definition) is 2. The van der Waals surface area contributed by atoms with E-state index in [1.807, 2.05) is 11.0 Å². The van der Waals surface area contributed by atoms with Gasteiger partial charge in [0.1, 0.15) is 22.6 Å². The van der Waals surface area contributed by atoms with E-state index in [9.17, 15) is 9.59 Å². The van der Waals surface area contributed by atoms with Gasteiger partial charge in [-0.2, -0.15) is 0 Å². The summed E-state index contributed by atoms with van der Waals surface area (Å²) in [6, 6.07) is 7.80. The van der Waals surface area contributed by atoms with Gasteiger partial charge in [-0.05, 0) is 23.8 Å². The van der Waals surface area contributed by atoms with Gasteiger partial charge in [-0.25, -0.2) is 19.2 Å². The number of aromatic nitrogens is 3. The molecule has 2 amide bonds. The highest BCUT2D eigenvalue weighted by Crippen LogP contribution is 2.44. The van der Waals surface area contributed by atoms with E-state index in [4.69, 9.17) is 25.8 Å². The lowest BCUT2D eigenvalue weighted by molar-refractivity contribution is -0.124. The number of halogens is 2. The lowest BCUT2D eigenvalue weighted by atomic mass is 10.0. The molecule has 0 bridgehead atoms. The van der Waals surface area contributed by atoms with Crippen LogP contribution in [-0.2, 0) is 11.3 Å². The summed E-state index contributed by atoms with van der Waals surface area (Å²) in [6.45, 7) is 2.24. The molecule has 0 atom stereocenters. The maximum Gasteiger partial charge on any atom is 0.418 e. The molecular formula is C27H24ClFN6O5. The second-order valence-corrected chi connectivity index (χ2v) is 9.15. The van der Waals surface area contributed by atoms with E-state index < -0.39 is 11.9 Å². The minimum absolute atomic E-state index is 0.00819. The number of fused-ring (bicyclic) bond motifs is 1. The number of piperazine rings is 1. The number of nitrogens with zero attached hydrogens (tertiary/aromatic N) is 4. The number of methoxy groups -OCH3 is 2. The highest BCUT2D eigenvalue weighted by molar-refractivity contribution is 6.35. The topological polar surface area (TPSA) is 128 Å². The van der Waals surface area contributed by atoms with E-state index in [0.717, 1.165) is 12.1 Å². The van der Waals surface area contributed by atoms with E-state index >= 15 is 4.39 Å². The van der Waals surface area contributed by atoms with Gasteiger partial charge in [0.05, 0.1) is 25.8 Å². The molecule has 1 saturated heterocycles. The summed E-state index contributed by atoms with van der Waals surface area (Å²) in [5.74, 6) is -0.198. The number of carbonyl (C=O) groups excluding carboxylic acids is 2. The second kappa shape index (κ2) is 11.7. The smallest absolute Gasteiger partial charge is 0.418 e. The first-order valence-electron chi connectivity index (χ1n) is 12.1. The average Bonchev–Trinajstić information content (AvgIpc) is 2.95. The van der Waals surface area contributed by atoms with Crippen molar-refractivity contribution in [3.05, 3.63) is 65.3 Å². The maximum atomic E-state index is 15.4. The fourth-order valence-electron chi connectivity index (χ4n) is 4.35. The molecule has 4 aromatic rings. The summed E-state index contributed by atoms with van der Waals surface area (Å²) in [5.41, 5.74) is 1.66. The molecule has 0 radical (unpaired) electrons. The summed E-state index contributed by atoms with van der Waals surface area (Å²) in [6.07, 6.45) is 3.67. The number of amides is 2. The lowest BCUT2D eigenvalue weighted by Gasteiger charge is -2.26. The van der Waals surface area contributed by atoms with Crippen LogP contribution in [0.15, 0.2) is 48.9 Å². The molecule has 0 aliphatic carbocycles. The molecule has 40 heavy (non-hydrogen) atoms. The first kappa shape index (κ1) is 27.0. The van der Waals surface area contributed by atoms with Crippen molar-refractivity contribution in [2.24, 2.45) is 0 Å². The summed E-state index contributed by atoms with van der Waals surface area (Å²) < 4.78 is 31.3. The number of rotatable bonds is 7. The Hall–Kier alpha value is -4.55. The molecule has 3 heterocycles. The number of carbonyl (C=O) groups is 2. The van der Waals surface area contributed by atoms with E-state index in [1.165, 1.54) is 44.8 Å². The van der Waals surface area contributed by atoms with Crippen molar-refractivity contribution in [1.82, 2.24) is 25.2 Å². The van der Waals surface area contributed by atoms with Crippen LogP contribution in [-0.4, -0.2) is 65.7 Å². The fraction of sp³-hybridized carbons (Fsp3) is 0.222. The SMILES string of the molecule is COc1cc(OC)c(Cl)c(-c2ccc(OC(=O)Nc3ccc(CN4CCNC(=O)C4)cn3)c3nccnc23)c1F. The van der Waals surface area contributed by atoms with Crippen molar-refractivity contribution in [1.29, 1.82) is 0 Å². The molecule has 1 aliphatic heterocycles. The molecule has 0 spiro atoms. The van der Waals surface area contributed by atoms with Gasteiger partial charge in [0.25, 0.3) is 0 Å². The largest absolute Gasteiger partial charge is 0.495 e. The molecule has 0 saturated carbocycles. The monoisotopic (exact) mass is 566 g/mol. The Labute approximate surface area is 233 Å².